The average molecular weight is 390 g/mol. The molecule has 140 valence electrons. The summed E-state index contributed by atoms with van der Waals surface area (Å²) in [6.07, 6.45) is 1.62. The number of thiazole rings is 1. The molecule has 0 aliphatic heterocycles. The molecule has 0 atom stereocenters. The number of rotatable bonds is 5. The minimum Gasteiger partial charge on any atom is -0.493 e. The van der Waals surface area contributed by atoms with Crippen molar-refractivity contribution in [3.8, 4) is 5.75 Å². The number of nitrogen functional groups attached to an aromatic ring is 1. The highest BCUT2D eigenvalue weighted by molar-refractivity contribution is 7.22. The van der Waals surface area contributed by atoms with Crippen molar-refractivity contribution in [3.05, 3.63) is 65.7 Å². The molecule has 7 heteroatoms. The standard InChI is InChI=1S/C21H18N4O2S/c1-2-27-18-10-8-13-5-3-4-6-15(13)16(18)12-23-25-20(26)14-7-9-17-19(11-14)28-21(22)24-17/h3-12H,2H2,1H3,(H2,22,24)(H,25,26)/b23-12-. The molecule has 6 nitrogen and oxygen atoms in total. The topological polar surface area (TPSA) is 89.6 Å². The maximum Gasteiger partial charge on any atom is 0.271 e. The van der Waals surface area contributed by atoms with Crippen LogP contribution >= 0.6 is 11.3 Å². The Morgan fingerprint density at radius 3 is 2.96 bits per heavy atom. The Bertz CT molecular complexity index is 1200. The van der Waals surface area contributed by atoms with E-state index in [2.05, 4.69) is 15.5 Å². The van der Waals surface area contributed by atoms with Crippen LogP contribution in [0.1, 0.15) is 22.8 Å². The van der Waals surface area contributed by atoms with Gasteiger partial charge in [0.2, 0.25) is 0 Å². The maximum absolute atomic E-state index is 12.5. The number of anilines is 1. The molecular weight excluding hydrogens is 372 g/mol. The van der Waals surface area contributed by atoms with Gasteiger partial charge in [0.05, 0.1) is 23.0 Å². The van der Waals surface area contributed by atoms with Crippen molar-refractivity contribution in [1.82, 2.24) is 10.4 Å². The number of nitrogens with zero attached hydrogens (tertiary/aromatic N) is 2. The van der Waals surface area contributed by atoms with Gasteiger partial charge in [-0.05, 0) is 42.0 Å². The number of hydrazone groups is 1. The van der Waals surface area contributed by atoms with Crippen molar-refractivity contribution >= 4 is 49.6 Å². The van der Waals surface area contributed by atoms with E-state index in [-0.39, 0.29) is 5.91 Å². The highest BCUT2D eigenvalue weighted by Gasteiger charge is 2.09. The number of nitrogens with two attached hydrogens (primary N) is 1. The fourth-order valence-corrected chi connectivity index (χ4v) is 3.77. The molecule has 4 rings (SSSR count). The summed E-state index contributed by atoms with van der Waals surface area (Å²) in [6.45, 7) is 2.48. The van der Waals surface area contributed by atoms with Gasteiger partial charge in [0.1, 0.15) is 5.75 Å². The zero-order valence-corrected chi connectivity index (χ0v) is 16.0. The van der Waals surface area contributed by atoms with Crippen LogP contribution in [0.15, 0.2) is 59.7 Å². The fourth-order valence-electron chi connectivity index (χ4n) is 2.99. The number of carbonyl (C=O) groups excluding carboxylic acids is 1. The van der Waals surface area contributed by atoms with Crippen LogP contribution in [-0.2, 0) is 0 Å². The van der Waals surface area contributed by atoms with Crippen LogP contribution in [0.4, 0.5) is 5.13 Å². The summed E-state index contributed by atoms with van der Waals surface area (Å²) in [5, 5.41) is 6.71. The number of hydrogen-bond donors (Lipinski definition) is 2. The first-order chi connectivity index (χ1) is 13.7. The summed E-state index contributed by atoms with van der Waals surface area (Å²) in [6, 6.07) is 17.1. The van der Waals surface area contributed by atoms with Crippen molar-refractivity contribution in [1.29, 1.82) is 0 Å². The van der Waals surface area contributed by atoms with Gasteiger partial charge in [-0.2, -0.15) is 5.10 Å². The van der Waals surface area contributed by atoms with Gasteiger partial charge in [-0.15, -0.1) is 0 Å². The Balaban J connectivity index is 1.60. The van der Waals surface area contributed by atoms with Crippen molar-refractivity contribution in [2.24, 2.45) is 5.10 Å². The lowest BCUT2D eigenvalue weighted by Gasteiger charge is -2.10. The second kappa shape index (κ2) is 7.66. The van der Waals surface area contributed by atoms with Crippen LogP contribution in [0.3, 0.4) is 0 Å². The van der Waals surface area contributed by atoms with E-state index in [1.807, 2.05) is 43.3 Å². The molecular formula is C21H18N4O2S. The van der Waals surface area contributed by atoms with Crippen LogP contribution in [0, 0.1) is 0 Å². The number of hydrogen-bond acceptors (Lipinski definition) is 6. The quantitative estimate of drug-likeness (QED) is 0.395. The predicted molar refractivity (Wildman–Crippen MR) is 114 cm³/mol. The van der Waals surface area contributed by atoms with E-state index in [1.54, 1.807) is 24.4 Å². The Labute approximate surface area is 165 Å². The smallest absolute Gasteiger partial charge is 0.271 e. The van der Waals surface area contributed by atoms with Crippen molar-refractivity contribution in [3.63, 3.8) is 0 Å². The summed E-state index contributed by atoms with van der Waals surface area (Å²) < 4.78 is 6.58. The van der Waals surface area contributed by atoms with Gasteiger partial charge < -0.3 is 10.5 Å². The Morgan fingerprint density at radius 2 is 2.11 bits per heavy atom. The molecule has 0 unspecified atom stereocenters. The summed E-state index contributed by atoms with van der Waals surface area (Å²) >= 11 is 1.34. The van der Waals surface area contributed by atoms with E-state index in [4.69, 9.17) is 10.5 Å². The monoisotopic (exact) mass is 390 g/mol. The molecule has 1 amide bonds. The van der Waals surface area contributed by atoms with Gasteiger partial charge in [0.15, 0.2) is 5.13 Å². The van der Waals surface area contributed by atoms with Gasteiger partial charge in [0.25, 0.3) is 5.91 Å². The molecule has 0 saturated heterocycles. The van der Waals surface area contributed by atoms with Crippen LogP contribution in [-0.4, -0.2) is 23.7 Å². The molecule has 3 aromatic carbocycles. The second-order valence-electron chi connectivity index (χ2n) is 6.07. The first kappa shape index (κ1) is 17.9. The van der Waals surface area contributed by atoms with Gasteiger partial charge >= 0.3 is 0 Å². The third-order valence-corrected chi connectivity index (χ3v) is 5.10. The van der Waals surface area contributed by atoms with Gasteiger partial charge in [-0.1, -0.05) is 41.7 Å². The summed E-state index contributed by atoms with van der Waals surface area (Å²) in [5.41, 5.74) is 10.4. The number of carbonyl (C=O) groups is 1. The zero-order chi connectivity index (χ0) is 19.5. The molecule has 1 heterocycles. The molecule has 0 saturated carbocycles. The Morgan fingerprint density at radius 1 is 1.25 bits per heavy atom. The lowest BCUT2D eigenvalue weighted by Crippen LogP contribution is -2.17. The lowest BCUT2D eigenvalue weighted by molar-refractivity contribution is 0.0955. The van der Waals surface area contributed by atoms with Gasteiger partial charge in [-0.25, -0.2) is 10.4 Å². The van der Waals surface area contributed by atoms with E-state index in [0.29, 0.717) is 17.3 Å². The number of ether oxygens (including phenoxy) is 1. The van der Waals surface area contributed by atoms with Crippen LogP contribution in [0.2, 0.25) is 0 Å². The fraction of sp³-hybridized carbons (Fsp3) is 0.0952. The first-order valence-corrected chi connectivity index (χ1v) is 9.61. The number of nitrogens with one attached hydrogen (secondary N) is 1. The van der Waals surface area contributed by atoms with E-state index < -0.39 is 0 Å². The zero-order valence-electron chi connectivity index (χ0n) is 15.2. The highest BCUT2D eigenvalue weighted by atomic mass is 32.1. The van der Waals surface area contributed by atoms with Crippen molar-refractivity contribution in [2.45, 2.75) is 6.92 Å². The molecule has 3 N–H and O–H groups in total. The van der Waals surface area contributed by atoms with Crippen LogP contribution in [0.5, 0.6) is 5.75 Å². The van der Waals surface area contributed by atoms with E-state index in [1.165, 1.54) is 11.3 Å². The third-order valence-electron chi connectivity index (χ3n) is 4.26. The molecule has 1 aromatic heterocycles. The normalized spacial score (nSPS) is 11.3. The summed E-state index contributed by atoms with van der Waals surface area (Å²) in [7, 11) is 0. The van der Waals surface area contributed by atoms with Crippen molar-refractivity contribution < 1.29 is 9.53 Å². The molecule has 28 heavy (non-hydrogen) atoms. The van der Waals surface area contributed by atoms with E-state index >= 15 is 0 Å². The van der Waals surface area contributed by atoms with Gasteiger partial charge in [0, 0.05) is 11.1 Å². The van der Waals surface area contributed by atoms with E-state index in [0.717, 1.165) is 32.3 Å². The molecule has 0 aliphatic rings. The SMILES string of the molecule is CCOc1ccc2ccccc2c1/C=N\NC(=O)c1ccc2nc(N)sc2c1. The first-order valence-electron chi connectivity index (χ1n) is 8.79. The van der Waals surface area contributed by atoms with Gasteiger partial charge in [-0.3, -0.25) is 4.79 Å². The van der Waals surface area contributed by atoms with Crippen LogP contribution < -0.4 is 15.9 Å². The summed E-state index contributed by atoms with van der Waals surface area (Å²) in [4.78, 5) is 16.6. The number of amides is 1. The predicted octanol–water partition coefficient (Wildman–Crippen LogP) is 4.19. The largest absolute Gasteiger partial charge is 0.493 e. The lowest BCUT2D eigenvalue weighted by atomic mass is 10.0. The molecule has 0 aliphatic carbocycles. The van der Waals surface area contributed by atoms with Crippen molar-refractivity contribution in [2.75, 3.05) is 12.3 Å². The highest BCUT2D eigenvalue weighted by Crippen LogP contribution is 2.27. The number of fused-ring (bicyclic) bond motifs is 2. The number of benzene rings is 3. The van der Waals surface area contributed by atoms with E-state index in [9.17, 15) is 4.79 Å². The summed E-state index contributed by atoms with van der Waals surface area (Å²) in [5.74, 6) is 0.420. The molecule has 0 fully saturated rings. The van der Waals surface area contributed by atoms with Crippen LogP contribution in [0.25, 0.3) is 21.0 Å². The maximum atomic E-state index is 12.5. The third kappa shape index (κ3) is 3.52. The molecule has 0 radical (unpaired) electrons. The molecule has 0 bridgehead atoms. The minimum atomic E-state index is -0.302. The second-order valence-corrected chi connectivity index (χ2v) is 7.13. The Hall–Kier alpha value is -3.45. The molecule has 4 aromatic rings. The molecule has 0 spiro atoms. The minimum absolute atomic E-state index is 0.302. The number of aromatic nitrogens is 1. The average Bonchev–Trinajstić information content (AvgIpc) is 3.08. The Kier molecular flexibility index (Phi) is 4.90.